The highest BCUT2D eigenvalue weighted by Crippen LogP contribution is 2.17. The second kappa shape index (κ2) is 9.16. The molecule has 0 saturated heterocycles. The predicted octanol–water partition coefficient (Wildman–Crippen LogP) is 4.65. The Balaban J connectivity index is 1.83. The van der Waals surface area contributed by atoms with Gasteiger partial charge in [0.25, 0.3) is 11.8 Å². The molecule has 0 fully saturated rings. The minimum absolute atomic E-state index is 0.0105. The molecule has 0 aliphatic heterocycles. The number of nitrogens with one attached hydrogen (secondary N) is 2. The molecule has 3 rings (SSSR count). The Kier molecular flexibility index (Phi) is 6.41. The van der Waals surface area contributed by atoms with E-state index in [9.17, 15) is 14.4 Å². The number of Topliss-reactive ketones (excluding diaryl/α,β-unsaturated/α-hetero) is 1. The molecular weight excluding hydrogens is 436 g/mol. The molecule has 2 aromatic carbocycles. The number of halogens is 1. The normalized spacial score (nSPS) is 11.0. The van der Waals surface area contributed by atoms with E-state index in [2.05, 4.69) is 26.6 Å². The van der Waals surface area contributed by atoms with Crippen molar-refractivity contribution in [2.24, 2.45) is 0 Å². The second-order valence-electron chi connectivity index (χ2n) is 6.10. The first kappa shape index (κ1) is 20.3. The molecule has 0 spiro atoms. The number of rotatable bonds is 6. The Hall–Kier alpha value is -3.45. The maximum Gasteiger partial charge on any atom is 0.272 e. The summed E-state index contributed by atoms with van der Waals surface area (Å²) in [6, 6.07) is 16.7. The highest BCUT2D eigenvalue weighted by molar-refractivity contribution is 9.10. The standard InChI is InChI=1S/C22H17BrN2O4/c1-14(26)15-8-10-16(11-9-15)24-22(28)20(13-17-5-4-12-29-17)25-21(27)18-6-2-3-7-19(18)23/h2-13H,1H3,(H,24,28)(H,25,27)/b20-13-. The SMILES string of the molecule is CC(=O)c1ccc(NC(=O)/C(=C/c2ccco2)NC(=O)c2ccccc2Br)cc1. The lowest BCUT2D eigenvalue weighted by Gasteiger charge is -2.12. The quantitative estimate of drug-likeness (QED) is 0.420. The number of ketones is 1. The predicted molar refractivity (Wildman–Crippen MR) is 113 cm³/mol. The summed E-state index contributed by atoms with van der Waals surface area (Å²) in [5.74, 6) is -0.633. The summed E-state index contributed by atoms with van der Waals surface area (Å²) in [5, 5.41) is 5.33. The van der Waals surface area contributed by atoms with Crippen LogP contribution in [0.3, 0.4) is 0 Å². The van der Waals surface area contributed by atoms with Gasteiger partial charge in [-0.25, -0.2) is 0 Å². The van der Waals surface area contributed by atoms with Crippen molar-refractivity contribution in [1.29, 1.82) is 0 Å². The maximum absolute atomic E-state index is 12.8. The van der Waals surface area contributed by atoms with Crippen LogP contribution < -0.4 is 10.6 Å². The molecule has 0 atom stereocenters. The van der Waals surface area contributed by atoms with Crippen LogP contribution in [0, 0.1) is 0 Å². The van der Waals surface area contributed by atoms with E-state index in [-0.39, 0.29) is 11.5 Å². The van der Waals surface area contributed by atoms with Gasteiger partial charge in [-0.15, -0.1) is 0 Å². The molecule has 1 heterocycles. The van der Waals surface area contributed by atoms with Crippen molar-refractivity contribution < 1.29 is 18.8 Å². The number of carbonyl (C=O) groups is 3. The van der Waals surface area contributed by atoms with Crippen molar-refractivity contribution in [2.75, 3.05) is 5.32 Å². The fraction of sp³-hybridized carbons (Fsp3) is 0.0455. The number of hydrogen-bond acceptors (Lipinski definition) is 4. The number of benzene rings is 2. The van der Waals surface area contributed by atoms with Crippen LogP contribution in [0.4, 0.5) is 5.69 Å². The van der Waals surface area contributed by atoms with Crippen LogP contribution in [0.2, 0.25) is 0 Å². The van der Waals surface area contributed by atoms with Crippen molar-refractivity contribution in [3.05, 3.63) is 94.0 Å². The van der Waals surface area contributed by atoms with Gasteiger partial charge < -0.3 is 15.1 Å². The molecular formula is C22H17BrN2O4. The number of hydrogen-bond donors (Lipinski definition) is 2. The Bertz CT molecular complexity index is 1070. The van der Waals surface area contributed by atoms with Gasteiger partial charge in [-0.1, -0.05) is 12.1 Å². The largest absolute Gasteiger partial charge is 0.465 e. The van der Waals surface area contributed by atoms with Gasteiger partial charge >= 0.3 is 0 Å². The first-order chi connectivity index (χ1) is 13.9. The number of carbonyl (C=O) groups excluding carboxylic acids is 3. The lowest BCUT2D eigenvalue weighted by molar-refractivity contribution is -0.113. The number of anilines is 1. The average molecular weight is 453 g/mol. The van der Waals surface area contributed by atoms with Gasteiger partial charge in [0.05, 0.1) is 11.8 Å². The molecule has 2 N–H and O–H groups in total. The molecule has 1 aromatic heterocycles. The summed E-state index contributed by atoms with van der Waals surface area (Å²) in [5.41, 5.74) is 1.42. The Morgan fingerprint density at radius 3 is 2.31 bits per heavy atom. The zero-order chi connectivity index (χ0) is 20.8. The molecule has 3 aromatic rings. The molecule has 7 heteroatoms. The van der Waals surface area contributed by atoms with E-state index in [1.54, 1.807) is 60.7 Å². The number of amides is 2. The van der Waals surface area contributed by atoms with E-state index in [1.165, 1.54) is 19.3 Å². The van der Waals surface area contributed by atoms with Gasteiger partial charge in [0, 0.05) is 21.8 Å². The van der Waals surface area contributed by atoms with Crippen molar-refractivity contribution in [3.8, 4) is 0 Å². The first-order valence-corrected chi connectivity index (χ1v) is 9.47. The molecule has 0 unspecified atom stereocenters. The molecule has 0 saturated carbocycles. The van der Waals surface area contributed by atoms with Crippen LogP contribution in [0.25, 0.3) is 6.08 Å². The fourth-order valence-electron chi connectivity index (χ4n) is 2.50. The summed E-state index contributed by atoms with van der Waals surface area (Å²) in [4.78, 5) is 36.8. The minimum Gasteiger partial charge on any atom is -0.465 e. The van der Waals surface area contributed by atoms with Gasteiger partial charge in [-0.2, -0.15) is 0 Å². The van der Waals surface area contributed by atoms with Gasteiger partial charge in [-0.05, 0) is 71.4 Å². The maximum atomic E-state index is 12.8. The zero-order valence-electron chi connectivity index (χ0n) is 15.4. The van der Waals surface area contributed by atoms with Crippen molar-refractivity contribution in [2.45, 2.75) is 6.92 Å². The van der Waals surface area contributed by atoms with Crippen LogP contribution in [0.15, 0.2) is 81.5 Å². The lowest BCUT2D eigenvalue weighted by atomic mass is 10.1. The summed E-state index contributed by atoms with van der Waals surface area (Å²) in [6.45, 7) is 1.47. The van der Waals surface area contributed by atoms with Crippen molar-refractivity contribution in [3.63, 3.8) is 0 Å². The monoisotopic (exact) mass is 452 g/mol. The average Bonchev–Trinajstić information content (AvgIpc) is 3.21. The molecule has 0 radical (unpaired) electrons. The molecule has 0 aliphatic carbocycles. The number of furan rings is 1. The Labute approximate surface area is 175 Å². The van der Waals surface area contributed by atoms with Crippen LogP contribution in [0.5, 0.6) is 0 Å². The molecule has 0 bridgehead atoms. The van der Waals surface area contributed by atoms with Crippen LogP contribution >= 0.6 is 15.9 Å². The molecule has 146 valence electrons. The molecule has 2 amide bonds. The van der Waals surface area contributed by atoms with E-state index in [0.29, 0.717) is 27.0 Å². The highest BCUT2D eigenvalue weighted by atomic mass is 79.9. The highest BCUT2D eigenvalue weighted by Gasteiger charge is 2.17. The Morgan fingerprint density at radius 1 is 0.966 bits per heavy atom. The summed E-state index contributed by atoms with van der Waals surface area (Å²) in [7, 11) is 0. The molecule has 29 heavy (non-hydrogen) atoms. The topological polar surface area (TPSA) is 88.4 Å². The van der Waals surface area contributed by atoms with Gasteiger partial charge in [0.15, 0.2) is 5.78 Å². The van der Waals surface area contributed by atoms with E-state index in [1.807, 2.05) is 0 Å². The third kappa shape index (κ3) is 5.30. The third-order valence-electron chi connectivity index (χ3n) is 3.99. The summed E-state index contributed by atoms with van der Waals surface area (Å²) >= 11 is 3.33. The lowest BCUT2D eigenvalue weighted by Crippen LogP contribution is -2.31. The van der Waals surface area contributed by atoms with E-state index < -0.39 is 11.8 Å². The molecule has 0 aliphatic rings. The van der Waals surface area contributed by atoms with Crippen molar-refractivity contribution >= 4 is 45.3 Å². The summed E-state index contributed by atoms with van der Waals surface area (Å²) in [6.07, 6.45) is 2.91. The van der Waals surface area contributed by atoms with E-state index in [0.717, 1.165) is 0 Å². The Morgan fingerprint density at radius 2 is 1.69 bits per heavy atom. The smallest absolute Gasteiger partial charge is 0.272 e. The first-order valence-electron chi connectivity index (χ1n) is 8.67. The van der Waals surface area contributed by atoms with Gasteiger partial charge in [0.2, 0.25) is 0 Å². The van der Waals surface area contributed by atoms with Crippen molar-refractivity contribution in [1.82, 2.24) is 5.32 Å². The summed E-state index contributed by atoms with van der Waals surface area (Å²) < 4.78 is 5.87. The van der Waals surface area contributed by atoms with Gasteiger partial charge in [0.1, 0.15) is 11.5 Å². The van der Waals surface area contributed by atoms with E-state index in [4.69, 9.17) is 4.42 Å². The zero-order valence-corrected chi connectivity index (χ0v) is 17.0. The van der Waals surface area contributed by atoms with Gasteiger partial charge in [-0.3, -0.25) is 14.4 Å². The second-order valence-corrected chi connectivity index (χ2v) is 6.95. The third-order valence-corrected chi connectivity index (χ3v) is 4.68. The molecule has 6 nitrogen and oxygen atoms in total. The van der Waals surface area contributed by atoms with Crippen LogP contribution in [0.1, 0.15) is 33.4 Å². The van der Waals surface area contributed by atoms with Crippen LogP contribution in [-0.4, -0.2) is 17.6 Å². The van der Waals surface area contributed by atoms with E-state index >= 15 is 0 Å². The minimum atomic E-state index is -0.530. The fourth-order valence-corrected chi connectivity index (χ4v) is 2.96. The van der Waals surface area contributed by atoms with Crippen LogP contribution in [-0.2, 0) is 4.79 Å².